The molecule has 0 aromatic carbocycles. The van der Waals surface area contributed by atoms with E-state index < -0.39 is 25.9 Å². The van der Waals surface area contributed by atoms with Crippen LogP contribution in [0.15, 0.2) is 51.9 Å². The van der Waals surface area contributed by atoms with Crippen LogP contribution in [0.5, 0.6) is 0 Å². The molecule has 3 aliphatic heterocycles. The summed E-state index contributed by atoms with van der Waals surface area (Å²) in [5.74, 6) is 1.01. The minimum Gasteiger partial charge on any atom is -0.342 e. The fraction of sp³-hybridized carbons (Fsp3) is 0.765. The Bertz CT molecular complexity index is 2350. The Balaban J connectivity index is 0.000000153. The van der Waals surface area contributed by atoms with E-state index in [4.69, 9.17) is 0 Å². The van der Waals surface area contributed by atoms with Gasteiger partial charge in [0.1, 0.15) is 4.90 Å². The van der Waals surface area contributed by atoms with Gasteiger partial charge in [0.25, 0.3) is 0 Å². The number of hydrogen-bond donors (Lipinski definition) is 0. The van der Waals surface area contributed by atoms with Crippen molar-refractivity contribution in [1.82, 2.24) is 44.0 Å². The average Bonchev–Trinajstić information content (AvgIpc) is 4.12. The standard InChI is InChI=1S/C17H27N3O3S.C17H27N3O2S.C17H27N3OS/c1-13(2)24(22,23)15-11-18-20(12-15)14-5-9-19(10-6-14)16(21)17(3)7-4-8-17;1-13(2)23(22)15-11-18-20(12-15)14-5-9-19(10-6-14)16(21)17(3)7-4-8-17;1-13(2)22-15-11-18-20(12-15)14-5-9-19(10-6-14)16(21)17(3)7-4-8-17/h11-14H,4-10H2,1-3H3;11-14H,4-10H2,1-3H3;11-14H,4-10H2,1-3H3. The van der Waals surface area contributed by atoms with Gasteiger partial charge in [0, 0.05) is 89.5 Å². The molecule has 6 fully saturated rings. The molecule has 0 spiro atoms. The monoisotopic (exact) mass is 1010 g/mol. The van der Waals surface area contributed by atoms with Gasteiger partial charge in [0.05, 0.1) is 57.7 Å². The molecule has 9 rings (SSSR count). The predicted octanol–water partition coefficient (Wildman–Crippen LogP) is 8.91. The summed E-state index contributed by atoms with van der Waals surface area (Å²) in [5, 5.41) is 13.5. The highest BCUT2D eigenvalue weighted by molar-refractivity contribution is 7.99. The van der Waals surface area contributed by atoms with Gasteiger partial charge in [-0.1, -0.05) is 67.7 Å². The molecule has 0 bridgehead atoms. The lowest BCUT2D eigenvalue weighted by atomic mass is 9.69. The molecular formula is C51H81N9O6S3. The second-order valence-electron chi connectivity index (χ2n) is 22.4. The van der Waals surface area contributed by atoms with Gasteiger partial charge < -0.3 is 14.7 Å². The van der Waals surface area contributed by atoms with Gasteiger partial charge in [0.15, 0.2) is 9.84 Å². The number of thioether (sulfide) groups is 1. The van der Waals surface area contributed by atoms with Crippen LogP contribution in [0.1, 0.15) is 177 Å². The lowest BCUT2D eigenvalue weighted by Crippen LogP contribution is -2.49. The number of nitrogens with zero attached hydrogens (tertiary/aromatic N) is 9. The van der Waals surface area contributed by atoms with Crippen molar-refractivity contribution in [2.24, 2.45) is 16.2 Å². The van der Waals surface area contributed by atoms with Crippen LogP contribution >= 0.6 is 11.8 Å². The minimum atomic E-state index is -3.28. The van der Waals surface area contributed by atoms with Crippen molar-refractivity contribution in [1.29, 1.82) is 0 Å². The summed E-state index contributed by atoms with van der Waals surface area (Å²) in [6.07, 6.45) is 26.2. The predicted molar refractivity (Wildman–Crippen MR) is 272 cm³/mol. The number of hydrogen-bond acceptors (Lipinski definition) is 10. The van der Waals surface area contributed by atoms with E-state index in [9.17, 15) is 27.0 Å². The molecular weight excluding hydrogens is 931 g/mol. The molecule has 3 aliphatic carbocycles. The topological polar surface area (TPSA) is 166 Å². The normalized spacial score (nSPS) is 22.2. The zero-order valence-corrected chi connectivity index (χ0v) is 45.4. The molecule has 1 unspecified atom stereocenters. The number of carbonyl (C=O) groups is 3. The number of rotatable bonds is 12. The van der Waals surface area contributed by atoms with Crippen molar-refractivity contribution in [2.45, 2.75) is 207 Å². The van der Waals surface area contributed by atoms with Crippen molar-refractivity contribution < 1.29 is 27.0 Å². The number of sulfone groups is 1. The molecule has 0 radical (unpaired) electrons. The lowest BCUT2D eigenvalue weighted by Gasteiger charge is -2.43. The van der Waals surface area contributed by atoms with Gasteiger partial charge in [-0.25, -0.2) is 8.42 Å². The van der Waals surface area contributed by atoms with Crippen LogP contribution < -0.4 is 0 Å². The van der Waals surface area contributed by atoms with Crippen LogP contribution in [0, 0.1) is 16.2 Å². The molecule has 1 atom stereocenters. The van der Waals surface area contributed by atoms with E-state index in [2.05, 4.69) is 65.7 Å². The summed E-state index contributed by atoms with van der Waals surface area (Å²) < 4.78 is 42.4. The van der Waals surface area contributed by atoms with Crippen molar-refractivity contribution in [3.63, 3.8) is 0 Å². The van der Waals surface area contributed by atoms with Crippen LogP contribution in [0.3, 0.4) is 0 Å². The van der Waals surface area contributed by atoms with Crippen LogP contribution in [-0.4, -0.2) is 129 Å². The third kappa shape index (κ3) is 12.2. The zero-order chi connectivity index (χ0) is 49.9. The van der Waals surface area contributed by atoms with Gasteiger partial charge in [0.2, 0.25) is 17.7 Å². The fourth-order valence-corrected chi connectivity index (χ4v) is 13.3. The molecule has 3 aromatic heterocycles. The Morgan fingerprint density at radius 2 is 0.942 bits per heavy atom. The summed E-state index contributed by atoms with van der Waals surface area (Å²) >= 11 is 1.85. The summed E-state index contributed by atoms with van der Waals surface area (Å²) in [5.41, 5.74) is -0.295. The Kier molecular flexibility index (Phi) is 17.1. The highest BCUT2D eigenvalue weighted by Gasteiger charge is 2.45. The van der Waals surface area contributed by atoms with E-state index in [-0.39, 0.29) is 38.3 Å². The van der Waals surface area contributed by atoms with E-state index in [1.54, 1.807) is 30.9 Å². The smallest absolute Gasteiger partial charge is 0.228 e. The molecule has 18 heteroatoms. The summed E-state index contributed by atoms with van der Waals surface area (Å²) in [6, 6.07) is 0.922. The van der Waals surface area contributed by atoms with Crippen LogP contribution in [0.25, 0.3) is 0 Å². The van der Waals surface area contributed by atoms with E-state index >= 15 is 0 Å². The van der Waals surface area contributed by atoms with Crippen molar-refractivity contribution in [2.75, 3.05) is 39.3 Å². The quantitative estimate of drug-likeness (QED) is 0.160. The number of carbonyl (C=O) groups excluding carboxylic acids is 3. The average molecular weight is 1010 g/mol. The van der Waals surface area contributed by atoms with Crippen molar-refractivity contribution in [3.8, 4) is 0 Å². The first kappa shape index (κ1) is 53.3. The second-order valence-corrected chi connectivity index (χ2v) is 28.6. The molecule has 0 N–H and O–H groups in total. The van der Waals surface area contributed by atoms with Crippen LogP contribution in [0.4, 0.5) is 0 Å². The molecule has 3 saturated carbocycles. The lowest BCUT2D eigenvalue weighted by molar-refractivity contribution is -0.148. The Hall–Kier alpha value is -3.51. The number of likely N-dealkylation sites (tertiary alicyclic amines) is 3. The first-order chi connectivity index (χ1) is 32.6. The maximum atomic E-state index is 12.6. The van der Waals surface area contributed by atoms with Gasteiger partial charge in [-0.05, 0) is 90.9 Å². The van der Waals surface area contributed by atoms with Gasteiger partial charge in [-0.15, -0.1) is 11.8 Å². The van der Waals surface area contributed by atoms with E-state index in [1.807, 2.05) is 52.5 Å². The largest absolute Gasteiger partial charge is 0.342 e. The minimum absolute atomic E-state index is 0.0559. The SMILES string of the molecule is CC(C)S(=O)(=O)c1cnn(C2CCN(C(=O)C3(C)CCC3)CC2)c1.CC(C)S(=O)c1cnn(C2CCN(C(=O)C3(C)CCC3)CC2)c1.CC(C)Sc1cnn(C2CCN(C(=O)C3(C)CCC3)CC2)c1. The molecule has 384 valence electrons. The fourth-order valence-electron chi connectivity index (χ4n) is 10.6. The maximum Gasteiger partial charge on any atom is 0.228 e. The van der Waals surface area contributed by atoms with Gasteiger partial charge in [-0.2, -0.15) is 15.3 Å². The van der Waals surface area contributed by atoms with Crippen LogP contribution in [0.2, 0.25) is 0 Å². The maximum absolute atomic E-state index is 12.6. The second kappa shape index (κ2) is 22.1. The van der Waals surface area contributed by atoms with Crippen LogP contribution in [-0.2, 0) is 35.0 Å². The molecule has 3 saturated heterocycles. The van der Waals surface area contributed by atoms with E-state index in [1.165, 1.54) is 23.9 Å². The number of aromatic nitrogens is 6. The molecule has 3 amide bonds. The van der Waals surface area contributed by atoms with Gasteiger partial charge in [-0.3, -0.25) is 32.6 Å². The summed E-state index contributed by atoms with van der Waals surface area (Å²) in [7, 11) is -4.27. The Morgan fingerprint density at radius 1 is 0.580 bits per heavy atom. The number of amides is 3. The summed E-state index contributed by atoms with van der Waals surface area (Å²) in [4.78, 5) is 46.2. The Morgan fingerprint density at radius 3 is 1.29 bits per heavy atom. The van der Waals surface area contributed by atoms with E-state index in [0.717, 1.165) is 128 Å². The molecule has 3 aromatic rings. The number of piperidine rings is 3. The first-order valence-corrected chi connectivity index (χ1v) is 29.6. The highest BCUT2D eigenvalue weighted by atomic mass is 32.2. The summed E-state index contributed by atoms with van der Waals surface area (Å²) in [6.45, 7) is 22.8. The van der Waals surface area contributed by atoms with Crippen molar-refractivity contribution in [3.05, 3.63) is 37.2 Å². The first-order valence-electron chi connectivity index (χ1n) is 25.9. The highest BCUT2D eigenvalue weighted by Crippen LogP contribution is 2.45. The molecule has 69 heavy (non-hydrogen) atoms. The molecule has 6 heterocycles. The van der Waals surface area contributed by atoms with Crippen molar-refractivity contribution >= 4 is 50.1 Å². The Labute approximate surface area is 419 Å². The molecule has 6 aliphatic rings. The van der Waals surface area contributed by atoms with E-state index in [0.29, 0.717) is 29.1 Å². The third-order valence-corrected chi connectivity index (χ3v) is 20.6. The zero-order valence-electron chi connectivity index (χ0n) is 43.0. The third-order valence-electron chi connectivity index (χ3n) is 16.0. The van der Waals surface area contributed by atoms with Gasteiger partial charge >= 0.3 is 0 Å². The molecule has 15 nitrogen and oxygen atoms in total.